The summed E-state index contributed by atoms with van der Waals surface area (Å²) in [6, 6.07) is 0. The molecule has 0 fully saturated rings. The van der Waals surface area contributed by atoms with Gasteiger partial charge >= 0.3 is 11.9 Å². The van der Waals surface area contributed by atoms with Gasteiger partial charge in [-0.15, -0.1) is 0 Å². The Bertz CT molecular complexity index is 1310. The van der Waals surface area contributed by atoms with E-state index >= 15 is 0 Å². The van der Waals surface area contributed by atoms with Crippen molar-refractivity contribution in [1.29, 1.82) is 0 Å². The van der Waals surface area contributed by atoms with E-state index in [1.807, 2.05) is 47.6 Å². The molecule has 0 aromatic carbocycles. The third-order valence-corrected chi connectivity index (χ3v) is 7.08. The van der Waals surface area contributed by atoms with Gasteiger partial charge in [-0.05, 0) is 94.2 Å². The fourth-order valence-electron chi connectivity index (χ4n) is 5.23. The number of hydrogen-bond donors (Lipinski definition) is 4. The van der Waals surface area contributed by atoms with E-state index in [2.05, 4.69) is 29.1 Å². The number of aromatic nitrogens is 2. The summed E-state index contributed by atoms with van der Waals surface area (Å²) in [6.07, 6.45) is 5.07. The molecule has 1 aliphatic rings. The first-order valence-corrected chi connectivity index (χ1v) is 13.4. The summed E-state index contributed by atoms with van der Waals surface area (Å²) in [4.78, 5) is 43.5. The number of hydrogen-bond acceptors (Lipinski definition) is 4. The molecule has 1 aliphatic heterocycles. The molecule has 1 amide bonds. The quantitative estimate of drug-likeness (QED) is 0.305. The number of carbonyl (C=O) groups excluding carboxylic acids is 2. The van der Waals surface area contributed by atoms with Gasteiger partial charge in [-0.25, -0.2) is 4.79 Å². The summed E-state index contributed by atoms with van der Waals surface area (Å²) < 4.78 is 5.60. The van der Waals surface area contributed by atoms with Crippen LogP contribution < -0.4 is 5.32 Å². The topological polar surface area (TPSA) is 124 Å². The molecular formula is C30H41N3O5. The zero-order valence-electron chi connectivity index (χ0n) is 23.9. The van der Waals surface area contributed by atoms with E-state index < -0.39 is 17.5 Å². The molecule has 2 aromatic rings. The Morgan fingerprint density at radius 2 is 1.58 bits per heavy atom. The minimum atomic E-state index is -0.889. The zero-order chi connectivity index (χ0) is 28.4. The van der Waals surface area contributed by atoms with Gasteiger partial charge in [0.1, 0.15) is 11.3 Å². The van der Waals surface area contributed by atoms with Crippen molar-refractivity contribution in [1.82, 2.24) is 15.3 Å². The first-order chi connectivity index (χ1) is 17.8. The van der Waals surface area contributed by atoms with Crippen LogP contribution in [-0.2, 0) is 40.0 Å². The number of aromatic amines is 2. The number of amides is 1. The summed E-state index contributed by atoms with van der Waals surface area (Å²) in [5, 5.41) is 12.3. The van der Waals surface area contributed by atoms with Crippen LogP contribution in [0.25, 0.3) is 6.08 Å². The molecule has 0 atom stereocenters. The van der Waals surface area contributed by atoms with E-state index in [-0.39, 0.29) is 12.3 Å². The molecule has 8 heteroatoms. The molecule has 2 aromatic heterocycles. The molecule has 0 aliphatic carbocycles. The number of rotatable bonds is 10. The fraction of sp³-hybridized carbons (Fsp3) is 0.500. The van der Waals surface area contributed by atoms with E-state index in [1.165, 1.54) is 11.1 Å². The molecule has 4 N–H and O–H groups in total. The van der Waals surface area contributed by atoms with Crippen LogP contribution in [0.4, 0.5) is 0 Å². The van der Waals surface area contributed by atoms with E-state index in [1.54, 1.807) is 0 Å². The standard InChI is InChI=1S/C30H41N3O5/c1-9-18-16(4)22(33-28(18)36)14-23-19(10-2)20(11-3)24(31-23)15-25-21(12-13-26(34)35)17(5)27(32-25)29(37)38-30(6,7)8/h14,31-32H,9-13,15H2,1-8H3,(H,33,36)(H,34,35). The van der Waals surface area contributed by atoms with Gasteiger partial charge in [0, 0.05) is 41.2 Å². The molecule has 38 heavy (non-hydrogen) atoms. The highest BCUT2D eigenvalue weighted by Crippen LogP contribution is 2.31. The largest absolute Gasteiger partial charge is 0.481 e. The maximum atomic E-state index is 12.9. The van der Waals surface area contributed by atoms with Crippen LogP contribution in [-0.4, -0.2) is 38.5 Å². The zero-order valence-corrected chi connectivity index (χ0v) is 23.9. The first kappa shape index (κ1) is 29.0. The Balaban J connectivity index is 2.07. The lowest BCUT2D eigenvalue weighted by Gasteiger charge is -2.19. The van der Waals surface area contributed by atoms with Crippen LogP contribution >= 0.6 is 0 Å². The van der Waals surface area contributed by atoms with Crippen molar-refractivity contribution in [3.8, 4) is 0 Å². The highest BCUT2D eigenvalue weighted by atomic mass is 16.6. The molecule has 0 unspecified atom stereocenters. The normalized spacial score (nSPS) is 14.9. The minimum Gasteiger partial charge on any atom is -0.481 e. The van der Waals surface area contributed by atoms with Gasteiger partial charge in [0.15, 0.2) is 0 Å². The van der Waals surface area contributed by atoms with Gasteiger partial charge in [-0.1, -0.05) is 20.8 Å². The fourth-order valence-corrected chi connectivity index (χ4v) is 5.23. The van der Waals surface area contributed by atoms with Gasteiger partial charge in [0.25, 0.3) is 5.91 Å². The van der Waals surface area contributed by atoms with Crippen molar-refractivity contribution in [3.05, 3.63) is 61.9 Å². The number of carbonyl (C=O) groups is 3. The van der Waals surface area contributed by atoms with Crippen molar-refractivity contribution in [3.63, 3.8) is 0 Å². The molecule has 0 bridgehead atoms. The van der Waals surface area contributed by atoms with Crippen molar-refractivity contribution < 1.29 is 24.2 Å². The molecule has 8 nitrogen and oxygen atoms in total. The maximum Gasteiger partial charge on any atom is 0.355 e. The van der Waals surface area contributed by atoms with Crippen LogP contribution in [0.3, 0.4) is 0 Å². The monoisotopic (exact) mass is 523 g/mol. The van der Waals surface area contributed by atoms with Gasteiger partial charge in [-0.2, -0.15) is 0 Å². The number of nitrogens with one attached hydrogen (secondary N) is 3. The second-order valence-electron chi connectivity index (χ2n) is 10.8. The summed E-state index contributed by atoms with van der Waals surface area (Å²) >= 11 is 0. The van der Waals surface area contributed by atoms with E-state index in [4.69, 9.17) is 4.74 Å². The Labute approximate surface area is 224 Å². The van der Waals surface area contributed by atoms with Crippen molar-refractivity contribution in [2.75, 3.05) is 0 Å². The molecule has 0 spiro atoms. The predicted octanol–water partition coefficient (Wildman–Crippen LogP) is 5.54. The Kier molecular flexibility index (Phi) is 8.75. The van der Waals surface area contributed by atoms with Gasteiger partial charge in [-0.3, -0.25) is 9.59 Å². The number of aliphatic carboxylic acids is 1. The predicted molar refractivity (Wildman–Crippen MR) is 148 cm³/mol. The van der Waals surface area contributed by atoms with Crippen LogP contribution in [0.15, 0.2) is 16.8 Å². The summed E-state index contributed by atoms with van der Waals surface area (Å²) in [5.74, 6) is -1.39. The van der Waals surface area contributed by atoms with Crippen molar-refractivity contribution >= 4 is 23.9 Å². The summed E-state index contributed by atoms with van der Waals surface area (Å²) in [6.45, 7) is 15.4. The Morgan fingerprint density at radius 3 is 2.11 bits per heavy atom. The number of allylic oxidation sites excluding steroid dienone is 1. The molecule has 3 rings (SSSR count). The molecule has 0 saturated heterocycles. The van der Waals surface area contributed by atoms with Crippen LogP contribution in [0, 0.1) is 6.92 Å². The van der Waals surface area contributed by atoms with Crippen molar-refractivity contribution in [2.45, 2.75) is 99.5 Å². The number of ether oxygens (including phenoxy) is 1. The van der Waals surface area contributed by atoms with Gasteiger partial charge in [0.05, 0.1) is 0 Å². The average Bonchev–Trinajstić information content (AvgIpc) is 3.41. The number of esters is 1. The molecule has 206 valence electrons. The van der Waals surface area contributed by atoms with E-state index in [0.717, 1.165) is 57.9 Å². The number of carboxylic acids is 1. The third-order valence-electron chi connectivity index (χ3n) is 7.08. The smallest absolute Gasteiger partial charge is 0.355 e. The summed E-state index contributed by atoms with van der Waals surface area (Å²) in [7, 11) is 0. The van der Waals surface area contributed by atoms with Crippen LogP contribution in [0.2, 0.25) is 0 Å². The molecule has 3 heterocycles. The Hall–Kier alpha value is -3.55. The first-order valence-electron chi connectivity index (χ1n) is 13.4. The maximum absolute atomic E-state index is 12.9. The Morgan fingerprint density at radius 1 is 0.947 bits per heavy atom. The molecular weight excluding hydrogens is 482 g/mol. The second-order valence-corrected chi connectivity index (χ2v) is 10.8. The number of H-pyrrole nitrogens is 2. The van der Waals surface area contributed by atoms with E-state index in [0.29, 0.717) is 25.0 Å². The van der Waals surface area contributed by atoms with Crippen LogP contribution in [0.5, 0.6) is 0 Å². The molecule has 0 radical (unpaired) electrons. The molecule has 0 saturated carbocycles. The van der Waals surface area contributed by atoms with E-state index in [9.17, 15) is 19.5 Å². The lowest BCUT2D eigenvalue weighted by Crippen LogP contribution is -2.24. The van der Waals surface area contributed by atoms with Gasteiger partial charge < -0.3 is 25.1 Å². The van der Waals surface area contributed by atoms with Gasteiger partial charge in [0.2, 0.25) is 0 Å². The SMILES string of the molecule is CCC1=C(C)C(=Cc2[nH]c(Cc3[nH]c(C(=O)OC(C)(C)C)c(C)c3CCC(=O)O)c(CC)c2CC)NC1=O. The highest BCUT2D eigenvalue weighted by Gasteiger charge is 2.27. The average molecular weight is 524 g/mol. The third kappa shape index (κ3) is 6.11. The summed E-state index contributed by atoms with van der Waals surface area (Å²) in [5.41, 5.74) is 8.98. The van der Waals surface area contributed by atoms with Crippen LogP contribution in [0.1, 0.15) is 111 Å². The minimum absolute atomic E-state index is 0.0343. The highest BCUT2D eigenvalue weighted by molar-refractivity contribution is 6.01. The number of carboxylic acid groups (broad SMARTS) is 1. The second kappa shape index (κ2) is 11.5. The van der Waals surface area contributed by atoms with Crippen molar-refractivity contribution in [2.24, 2.45) is 0 Å². The lowest BCUT2D eigenvalue weighted by molar-refractivity contribution is -0.137. The lowest BCUT2D eigenvalue weighted by atomic mass is 9.98.